The predicted octanol–water partition coefficient (Wildman–Crippen LogP) is 5.66. The second-order valence-electron chi connectivity index (χ2n) is 7.59. The number of anilines is 1. The Hall–Kier alpha value is -3.06. The number of aryl methyl sites for hydroxylation is 2. The Labute approximate surface area is 194 Å². The van der Waals surface area contributed by atoms with Crippen LogP contribution >= 0.6 is 11.8 Å². The van der Waals surface area contributed by atoms with Crippen molar-refractivity contribution in [1.29, 1.82) is 0 Å². The van der Waals surface area contributed by atoms with Gasteiger partial charge in [-0.2, -0.15) is 0 Å². The fourth-order valence-corrected chi connectivity index (χ4v) is 3.87. The second-order valence-corrected chi connectivity index (χ2v) is 8.53. The van der Waals surface area contributed by atoms with Gasteiger partial charge in [0.1, 0.15) is 5.75 Å². The standard InChI is InChI=1S/C25H30N4O2S/c1-5-7-15-31-21-12-10-20(11-13-21)24-27-28-25(29(24)14-6-2)32-17-23(30)26-22-16-18(3)8-9-19(22)4/h6,8-13,16H,2,5,7,14-15,17H2,1,3-4H3,(H,26,30). The minimum absolute atomic E-state index is 0.0769. The van der Waals surface area contributed by atoms with E-state index in [-0.39, 0.29) is 11.7 Å². The number of aromatic nitrogens is 3. The lowest BCUT2D eigenvalue weighted by Gasteiger charge is -2.10. The third-order valence-corrected chi connectivity index (χ3v) is 5.87. The van der Waals surface area contributed by atoms with Crippen molar-refractivity contribution in [3.63, 3.8) is 0 Å². The van der Waals surface area contributed by atoms with Crippen LogP contribution in [0.5, 0.6) is 5.75 Å². The predicted molar refractivity (Wildman–Crippen MR) is 131 cm³/mol. The number of unbranched alkanes of at least 4 members (excludes halogenated alkanes) is 1. The molecule has 0 saturated heterocycles. The molecule has 0 aliphatic heterocycles. The molecule has 168 valence electrons. The van der Waals surface area contributed by atoms with Crippen LogP contribution in [0, 0.1) is 13.8 Å². The van der Waals surface area contributed by atoms with Gasteiger partial charge in [0.15, 0.2) is 11.0 Å². The van der Waals surface area contributed by atoms with E-state index in [2.05, 4.69) is 29.0 Å². The summed E-state index contributed by atoms with van der Waals surface area (Å²) in [6, 6.07) is 13.9. The molecule has 6 nitrogen and oxygen atoms in total. The van der Waals surface area contributed by atoms with Crippen LogP contribution in [0.25, 0.3) is 11.4 Å². The van der Waals surface area contributed by atoms with Gasteiger partial charge in [-0.15, -0.1) is 16.8 Å². The van der Waals surface area contributed by atoms with Crippen molar-refractivity contribution in [2.45, 2.75) is 45.3 Å². The first kappa shape index (κ1) is 23.6. The molecule has 0 radical (unpaired) electrons. The number of hydrogen-bond donors (Lipinski definition) is 1. The van der Waals surface area contributed by atoms with Crippen LogP contribution in [-0.2, 0) is 11.3 Å². The van der Waals surface area contributed by atoms with Gasteiger partial charge < -0.3 is 10.1 Å². The molecule has 0 fully saturated rings. The smallest absolute Gasteiger partial charge is 0.234 e. The van der Waals surface area contributed by atoms with Crippen molar-refractivity contribution >= 4 is 23.4 Å². The van der Waals surface area contributed by atoms with E-state index >= 15 is 0 Å². The van der Waals surface area contributed by atoms with E-state index in [4.69, 9.17) is 4.74 Å². The Kier molecular flexibility index (Phi) is 8.50. The van der Waals surface area contributed by atoms with Crippen LogP contribution in [0.4, 0.5) is 5.69 Å². The van der Waals surface area contributed by atoms with Crippen LogP contribution in [0.3, 0.4) is 0 Å². The molecular formula is C25H30N4O2S. The lowest BCUT2D eigenvalue weighted by atomic mass is 10.1. The topological polar surface area (TPSA) is 69.0 Å². The van der Waals surface area contributed by atoms with E-state index in [1.807, 2.05) is 60.9 Å². The zero-order chi connectivity index (χ0) is 22.9. The highest BCUT2D eigenvalue weighted by molar-refractivity contribution is 7.99. The molecule has 0 saturated carbocycles. The van der Waals surface area contributed by atoms with E-state index in [1.165, 1.54) is 11.8 Å². The lowest BCUT2D eigenvalue weighted by Crippen LogP contribution is -2.15. The Morgan fingerprint density at radius 1 is 1.19 bits per heavy atom. The molecule has 1 heterocycles. The summed E-state index contributed by atoms with van der Waals surface area (Å²) >= 11 is 1.36. The van der Waals surface area contributed by atoms with E-state index in [0.29, 0.717) is 18.3 Å². The third-order valence-electron chi connectivity index (χ3n) is 4.91. The molecule has 0 aliphatic carbocycles. The highest BCUT2D eigenvalue weighted by Gasteiger charge is 2.15. The highest BCUT2D eigenvalue weighted by atomic mass is 32.2. The number of benzene rings is 2. The van der Waals surface area contributed by atoms with Gasteiger partial charge in [-0.3, -0.25) is 9.36 Å². The number of carbonyl (C=O) groups excluding carboxylic acids is 1. The number of nitrogens with one attached hydrogen (secondary N) is 1. The van der Waals surface area contributed by atoms with Gasteiger partial charge in [-0.25, -0.2) is 0 Å². The van der Waals surface area contributed by atoms with Crippen molar-refractivity contribution in [3.05, 3.63) is 66.2 Å². The monoisotopic (exact) mass is 450 g/mol. The second kappa shape index (κ2) is 11.5. The van der Waals surface area contributed by atoms with Crippen molar-refractivity contribution < 1.29 is 9.53 Å². The number of thioether (sulfide) groups is 1. The quantitative estimate of drug-likeness (QED) is 0.232. The normalized spacial score (nSPS) is 10.7. The molecule has 1 aromatic heterocycles. The summed E-state index contributed by atoms with van der Waals surface area (Å²) in [6.07, 6.45) is 3.94. The first-order valence-electron chi connectivity index (χ1n) is 10.8. The van der Waals surface area contributed by atoms with Gasteiger partial charge in [0.05, 0.1) is 12.4 Å². The van der Waals surface area contributed by atoms with Crippen molar-refractivity contribution in [1.82, 2.24) is 14.8 Å². The Morgan fingerprint density at radius 2 is 1.97 bits per heavy atom. The summed E-state index contributed by atoms with van der Waals surface area (Å²) in [7, 11) is 0. The van der Waals surface area contributed by atoms with Crippen LogP contribution in [0.2, 0.25) is 0 Å². The molecule has 3 rings (SSSR count). The van der Waals surface area contributed by atoms with Gasteiger partial charge in [-0.05, 0) is 61.7 Å². The van der Waals surface area contributed by atoms with Crippen molar-refractivity contribution in [3.8, 4) is 17.1 Å². The molecule has 0 spiro atoms. The summed E-state index contributed by atoms with van der Waals surface area (Å²) in [4.78, 5) is 12.5. The maximum atomic E-state index is 12.5. The van der Waals surface area contributed by atoms with Crippen molar-refractivity contribution in [2.24, 2.45) is 0 Å². The largest absolute Gasteiger partial charge is 0.494 e. The number of allylic oxidation sites excluding steroid dienone is 1. The maximum Gasteiger partial charge on any atom is 0.234 e. The third kappa shape index (κ3) is 6.23. The molecule has 0 atom stereocenters. The molecule has 32 heavy (non-hydrogen) atoms. The molecular weight excluding hydrogens is 420 g/mol. The molecule has 1 amide bonds. The van der Waals surface area contributed by atoms with E-state index in [9.17, 15) is 4.79 Å². The van der Waals surface area contributed by atoms with Crippen LogP contribution in [-0.4, -0.2) is 33.0 Å². The fourth-order valence-electron chi connectivity index (χ4n) is 3.12. The molecule has 0 unspecified atom stereocenters. The lowest BCUT2D eigenvalue weighted by molar-refractivity contribution is -0.113. The minimum atomic E-state index is -0.0769. The molecule has 0 bridgehead atoms. The molecule has 7 heteroatoms. The number of amides is 1. The summed E-state index contributed by atoms with van der Waals surface area (Å²) in [5, 5.41) is 12.4. The highest BCUT2D eigenvalue weighted by Crippen LogP contribution is 2.26. The summed E-state index contributed by atoms with van der Waals surface area (Å²) in [6.45, 7) is 11.2. The fraction of sp³-hybridized carbons (Fsp3) is 0.320. The van der Waals surface area contributed by atoms with Gasteiger partial charge in [0.25, 0.3) is 0 Å². The van der Waals surface area contributed by atoms with Gasteiger partial charge in [0.2, 0.25) is 5.91 Å². The van der Waals surface area contributed by atoms with E-state index < -0.39 is 0 Å². The van der Waals surface area contributed by atoms with Crippen LogP contribution in [0.1, 0.15) is 30.9 Å². The average Bonchev–Trinajstić information content (AvgIpc) is 3.18. The molecule has 1 N–H and O–H groups in total. The van der Waals surface area contributed by atoms with Gasteiger partial charge in [-0.1, -0.05) is 43.3 Å². The number of nitrogens with zero attached hydrogens (tertiary/aromatic N) is 3. The Bertz CT molecular complexity index is 1060. The number of carbonyl (C=O) groups is 1. The van der Waals surface area contributed by atoms with Gasteiger partial charge in [0, 0.05) is 17.8 Å². The zero-order valence-corrected chi connectivity index (χ0v) is 19.7. The maximum absolute atomic E-state index is 12.5. The van der Waals surface area contributed by atoms with Crippen molar-refractivity contribution in [2.75, 3.05) is 17.7 Å². The molecule has 3 aromatic rings. The molecule has 2 aromatic carbocycles. The zero-order valence-electron chi connectivity index (χ0n) is 18.9. The van der Waals surface area contributed by atoms with Gasteiger partial charge >= 0.3 is 0 Å². The number of ether oxygens (including phenoxy) is 1. The average molecular weight is 451 g/mol. The number of rotatable bonds is 11. The Balaban J connectivity index is 1.68. The van der Waals surface area contributed by atoms with E-state index in [1.54, 1.807) is 6.08 Å². The summed E-state index contributed by atoms with van der Waals surface area (Å²) < 4.78 is 7.71. The first-order chi connectivity index (χ1) is 15.5. The minimum Gasteiger partial charge on any atom is -0.494 e. The first-order valence-corrected chi connectivity index (χ1v) is 11.8. The Morgan fingerprint density at radius 3 is 2.69 bits per heavy atom. The summed E-state index contributed by atoms with van der Waals surface area (Å²) in [5.41, 5.74) is 3.92. The molecule has 0 aliphatic rings. The van der Waals surface area contributed by atoms with Crippen LogP contribution in [0.15, 0.2) is 60.3 Å². The number of hydrogen-bond acceptors (Lipinski definition) is 5. The van der Waals surface area contributed by atoms with E-state index in [0.717, 1.165) is 46.8 Å². The van der Waals surface area contributed by atoms with Crippen LogP contribution < -0.4 is 10.1 Å². The summed E-state index contributed by atoms with van der Waals surface area (Å²) in [5.74, 6) is 1.75. The SMILES string of the molecule is C=CCn1c(SCC(=O)Nc2cc(C)ccc2C)nnc1-c1ccc(OCCCC)cc1.